The molecule has 1 aromatic rings. The van der Waals surface area contributed by atoms with Crippen molar-refractivity contribution < 1.29 is 4.74 Å². The summed E-state index contributed by atoms with van der Waals surface area (Å²) in [4.78, 5) is 0. The third-order valence-corrected chi connectivity index (χ3v) is 2.10. The van der Waals surface area contributed by atoms with E-state index in [0.29, 0.717) is 0 Å². The minimum Gasteiger partial charge on any atom is -0.399 e. The molecule has 0 saturated heterocycles. The largest absolute Gasteiger partial charge is 0.399 e. The van der Waals surface area contributed by atoms with Gasteiger partial charge in [0.1, 0.15) is 0 Å². The monoisotopic (exact) mass is 149 g/mol. The molecule has 0 fully saturated rings. The van der Waals surface area contributed by atoms with Crippen LogP contribution in [0.3, 0.4) is 0 Å². The normalized spacial score (nSPS) is 15.0. The number of hydrogen-bond donors (Lipinski definition) is 1. The molecule has 0 aromatic heterocycles. The van der Waals surface area contributed by atoms with E-state index in [1.807, 2.05) is 13.0 Å². The summed E-state index contributed by atoms with van der Waals surface area (Å²) in [5, 5.41) is 0. The molecule has 0 amide bonds. The molecule has 11 heavy (non-hydrogen) atoms. The SMILES string of the molecule is Cc1cc2c(cc1N)COC2. The van der Waals surface area contributed by atoms with Gasteiger partial charge in [-0.2, -0.15) is 0 Å². The zero-order valence-corrected chi connectivity index (χ0v) is 6.55. The van der Waals surface area contributed by atoms with Crippen LogP contribution in [0.1, 0.15) is 16.7 Å². The number of rotatable bonds is 0. The Bertz CT molecular complexity index is 265. The van der Waals surface area contributed by atoms with Gasteiger partial charge in [0.05, 0.1) is 13.2 Å². The smallest absolute Gasteiger partial charge is 0.0725 e. The van der Waals surface area contributed by atoms with Crippen LogP contribution in [0.25, 0.3) is 0 Å². The number of fused-ring (bicyclic) bond motifs is 1. The van der Waals surface area contributed by atoms with E-state index in [1.54, 1.807) is 0 Å². The van der Waals surface area contributed by atoms with Crippen molar-refractivity contribution in [2.24, 2.45) is 0 Å². The van der Waals surface area contributed by atoms with E-state index >= 15 is 0 Å². The van der Waals surface area contributed by atoms with Crippen LogP contribution in [-0.4, -0.2) is 0 Å². The van der Waals surface area contributed by atoms with Crippen LogP contribution in [0.5, 0.6) is 0 Å². The first-order valence-corrected chi connectivity index (χ1v) is 3.73. The average Bonchev–Trinajstić information content (AvgIpc) is 2.36. The molecule has 2 heteroatoms. The van der Waals surface area contributed by atoms with Crippen molar-refractivity contribution in [3.63, 3.8) is 0 Å². The van der Waals surface area contributed by atoms with Gasteiger partial charge < -0.3 is 10.5 Å². The zero-order valence-electron chi connectivity index (χ0n) is 6.55. The van der Waals surface area contributed by atoms with E-state index in [9.17, 15) is 0 Å². The van der Waals surface area contributed by atoms with Crippen LogP contribution in [0, 0.1) is 6.92 Å². The van der Waals surface area contributed by atoms with Crippen molar-refractivity contribution in [3.05, 3.63) is 28.8 Å². The van der Waals surface area contributed by atoms with Crippen molar-refractivity contribution in [2.45, 2.75) is 20.1 Å². The molecule has 0 bridgehead atoms. The van der Waals surface area contributed by atoms with Crippen LogP contribution in [0.2, 0.25) is 0 Å². The number of anilines is 1. The van der Waals surface area contributed by atoms with Crippen LogP contribution < -0.4 is 5.73 Å². The standard InChI is InChI=1S/C9H11NO/c1-6-2-7-4-11-5-8(7)3-9(6)10/h2-3H,4-5,10H2,1H3. The van der Waals surface area contributed by atoms with E-state index in [-0.39, 0.29) is 0 Å². The molecule has 0 saturated carbocycles. The molecule has 1 aromatic carbocycles. The Morgan fingerprint density at radius 2 is 1.91 bits per heavy atom. The summed E-state index contributed by atoms with van der Waals surface area (Å²) in [7, 11) is 0. The molecule has 2 nitrogen and oxygen atoms in total. The van der Waals surface area contributed by atoms with Crippen LogP contribution in [0.4, 0.5) is 5.69 Å². The van der Waals surface area contributed by atoms with Crippen molar-refractivity contribution in [3.8, 4) is 0 Å². The number of nitrogen functional groups attached to an aromatic ring is 1. The summed E-state index contributed by atoms with van der Waals surface area (Å²) in [6, 6.07) is 4.12. The van der Waals surface area contributed by atoms with Gasteiger partial charge in [0.15, 0.2) is 0 Å². The third kappa shape index (κ3) is 0.994. The summed E-state index contributed by atoms with van der Waals surface area (Å²) in [6.45, 7) is 3.49. The first-order chi connectivity index (χ1) is 5.27. The second-order valence-corrected chi connectivity index (χ2v) is 2.97. The lowest BCUT2D eigenvalue weighted by atomic mass is 10.1. The van der Waals surface area contributed by atoms with E-state index in [1.165, 1.54) is 11.1 Å². The molecule has 58 valence electrons. The quantitative estimate of drug-likeness (QED) is 0.569. The average molecular weight is 149 g/mol. The minimum atomic E-state index is 0.722. The second kappa shape index (κ2) is 2.24. The summed E-state index contributed by atoms with van der Waals surface area (Å²) < 4.78 is 5.27. The molecule has 0 unspecified atom stereocenters. The van der Waals surface area contributed by atoms with E-state index in [4.69, 9.17) is 10.5 Å². The van der Waals surface area contributed by atoms with E-state index in [2.05, 4.69) is 6.07 Å². The predicted octanol–water partition coefficient (Wildman–Crippen LogP) is 1.61. The fourth-order valence-corrected chi connectivity index (χ4v) is 1.37. The Balaban J connectivity index is 2.57. The Morgan fingerprint density at radius 1 is 1.27 bits per heavy atom. The predicted molar refractivity (Wildman–Crippen MR) is 44.1 cm³/mol. The fraction of sp³-hybridized carbons (Fsp3) is 0.333. The summed E-state index contributed by atoms with van der Waals surface area (Å²) in [5.74, 6) is 0. The summed E-state index contributed by atoms with van der Waals surface area (Å²) >= 11 is 0. The highest BCUT2D eigenvalue weighted by molar-refractivity contribution is 5.51. The topological polar surface area (TPSA) is 35.2 Å². The molecular weight excluding hydrogens is 138 g/mol. The fourth-order valence-electron chi connectivity index (χ4n) is 1.37. The highest BCUT2D eigenvalue weighted by atomic mass is 16.5. The number of ether oxygens (including phenoxy) is 1. The van der Waals surface area contributed by atoms with Crippen molar-refractivity contribution >= 4 is 5.69 Å². The Kier molecular flexibility index (Phi) is 1.36. The lowest BCUT2D eigenvalue weighted by Crippen LogP contribution is -1.92. The van der Waals surface area contributed by atoms with E-state index < -0.39 is 0 Å². The maximum Gasteiger partial charge on any atom is 0.0725 e. The maximum atomic E-state index is 5.74. The van der Waals surface area contributed by atoms with Crippen LogP contribution >= 0.6 is 0 Å². The van der Waals surface area contributed by atoms with Gasteiger partial charge in [-0.1, -0.05) is 6.07 Å². The number of aryl methyl sites for hydroxylation is 1. The number of hydrogen-bond acceptors (Lipinski definition) is 2. The molecule has 2 rings (SSSR count). The molecular formula is C9H11NO. The Labute approximate surface area is 66.0 Å². The van der Waals surface area contributed by atoms with Crippen molar-refractivity contribution in [1.82, 2.24) is 0 Å². The Morgan fingerprint density at radius 3 is 2.64 bits per heavy atom. The van der Waals surface area contributed by atoms with Gasteiger partial charge in [-0.05, 0) is 29.7 Å². The van der Waals surface area contributed by atoms with Crippen molar-refractivity contribution in [1.29, 1.82) is 0 Å². The molecule has 0 aliphatic carbocycles. The van der Waals surface area contributed by atoms with E-state index in [0.717, 1.165) is 24.5 Å². The first kappa shape index (κ1) is 6.68. The molecule has 1 aliphatic heterocycles. The van der Waals surface area contributed by atoms with Gasteiger partial charge >= 0.3 is 0 Å². The molecule has 1 heterocycles. The highest BCUT2D eigenvalue weighted by Crippen LogP contribution is 2.24. The number of nitrogens with two attached hydrogens (primary N) is 1. The molecule has 0 spiro atoms. The van der Waals surface area contributed by atoms with Gasteiger partial charge in [-0.25, -0.2) is 0 Å². The molecule has 1 aliphatic rings. The highest BCUT2D eigenvalue weighted by Gasteiger charge is 2.11. The van der Waals surface area contributed by atoms with Gasteiger partial charge in [-0.15, -0.1) is 0 Å². The second-order valence-electron chi connectivity index (χ2n) is 2.97. The number of benzene rings is 1. The summed E-state index contributed by atoms with van der Waals surface area (Å²) in [5.41, 5.74) is 10.3. The minimum absolute atomic E-state index is 0.722. The molecule has 0 atom stereocenters. The maximum absolute atomic E-state index is 5.74. The van der Waals surface area contributed by atoms with Crippen molar-refractivity contribution in [2.75, 3.05) is 5.73 Å². The lowest BCUT2D eigenvalue weighted by Gasteiger charge is -2.02. The van der Waals surface area contributed by atoms with Gasteiger partial charge in [0.25, 0.3) is 0 Å². The van der Waals surface area contributed by atoms with Gasteiger partial charge in [0.2, 0.25) is 0 Å². The first-order valence-electron chi connectivity index (χ1n) is 3.73. The van der Waals surface area contributed by atoms with Gasteiger partial charge in [-0.3, -0.25) is 0 Å². The summed E-state index contributed by atoms with van der Waals surface area (Å²) in [6.07, 6.45) is 0. The van der Waals surface area contributed by atoms with Gasteiger partial charge in [0, 0.05) is 5.69 Å². The van der Waals surface area contributed by atoms with Crippen LogP contribution in [-0.2, 0) is 18.0 Å². The van der Waals surface area contributed by atoms with Crippen LogP contribution in [0.15, 0.2) is 12.1 Å². The Hall–Kier alpha value is -1.02. The molecule has 2 N–H and O–H groups in total. The molecule has 0 radical (unpaired) electrons. The lowest BCUT2D eigenvalue weighted by molar-refractivity contribution is 0.134. The zero-order chi connectivity index (χ0) is 7.84. The third-order valence-electron chi connectivity index (χ3n) is 2.10.